The number of para-hydroxylation sites is 1. The molecule has 0 unspecified atom stereocenters. The van der Waals surface area contributed by atoms with Crippen LogP contribution in [0.15, 0.2) is 64.5 Å². The summed E-state index contributed by atoms with van der Waals surface area (Å²) in [4.78, 5) is 16.9. The van der Waals surface area contributed by atoms with Gasteiger partial charge < -0.3 is 5.32 Å². The Hall–Kier alpha value is -2.38. The zero-order valence-electron chi connectivity index (χ0n) is 14.4. The smallest absolute Gasteiger partial charge is 0.234 e. The highest BCUT2D eigenvalue weighted by Gasteiger charge is 2.09. The lowest BCUT2D eigenvalue weighted by molar-refractivity contribution is -0.113. The lowest BCUT2D eigenvalue weighted by atomic mass is 10.1. The molecule has 0 saturated heterocycles. The van der Waals surface area contributed by atoms with E-state index in [1.54, 1.807) is 12.1 Å². The van der Waals surface area contributed by atoms with Gasteiger partial charge in [0, 0.05) is 17.3 Å². The Morgan fingerprint density at radius 2 is 1.81 bits per heavy atom. The van der Waals surface area contributed by atoms with Crippen LogP contribution in [0.25, 0.3) is 10.9 Å². The van der Waals surface area contributed by atoms with Crippen molar-refractivity contribution >= 4 is 44.1 Å². The minimum absolute atomic E-state index is 0.172. The number of aromatic nitrogens is 1. The molecule has 0 fully saturated rings. The number of nitrogens with one attached hydrogen (secondary N) is 1. The Balaban J connectivity index is 1.64. The van der Waals surface area contributed by atoms with Crippen molar-refractivity contribution in [3.8, 4) is 0 Å². The average molecular weight is 386 g/mol. The highest BCUT2D eigenvalue weighted by Crippen LogP contribution is 2.23. The summed E-state index contributed by atoms with van der Waals surface area (Å²) in [7, 11) is -3.24. The molecule has 1 N–H and O–H groups in total. The van der Waals surface area contributed by atoms with Crippen LogP contribution in [0.3, 0.4) is 0 Å². The van der Waals surface area contributed by atoms with Crippen molar-refractivity contribution in [3.05, 3.63) is 60.2 Å². The Kier molecular flexibility index (Phi) is 5.29. The summed E-state index contributed by atoms with van der Waals surface area (Å²) < 4.78 is 22.9. The fourth-order valence-electron chi connectivity index (χ4n) is 2.51. The number of carbonyl (C=O) groups excluding carboxylic acids is 1. The second-order valence-electron chi connectivity index (χ2n) is 5.93. The molecule has 0 bridgehead atoms. The minimum atomic E-state index is -3.24. The molecule has 1 aromatic heterocycles. The van der Waals surface area contributed by atoms with Crippen LogP contribution in [-0.4, -0.2) is 31.3 Å². The molecule has 0 saturated carbocycles. The van der Waals surface area contributed by atoms with Crippen molar-refractivity contribution in [3.63, 3.8) is 0 Å². The summed E-state index contributed by atoms with van der Waals surface area (Å²) in [6.45, 7) is 2.03. The summed E-state index contributed by atoms with van der Waals surface area (Å²) in [6, 6.07) is 16.0. The SMILES string of the molecule is Cc1cc(SCC(=O)Nc2ccc(S(C)(=O)=O)cc2)nc2ccccc12. The molecular weight excluding hydrogens is 368 g/mol. The molecule has 2 aromatic carbocycles. The van der Waals surface area contributed by atoms with Crippen LogP contribution in [0.1, 0.15) is 5.56 Å². The number of anilines is 1. The van der Waals surface area contributed by atoms with Gasteiger partial charge in [-0.2, -0.15) is 0 Å². The van der Waals surface area contributed by atoms with Gasteiger partial charge in [-0.1, -0.05) is 30.0 Å². The predicted octanol–water partition coefficient (Wildman–Crippen LogP) is 3.68. The monoisotopic (exact) mass is 386 g/mol. The molecule has 0 aliphatic heterocycles. The van der Waals surface area contributed by atoms with Gasteiger partial charge in [0.15, 0.2) is 9.84 Å². The van der Waals surface area contributed by atoms with Crippen LogP contribution in [0.4, 0.5) is 5.69 Å². The number of rotatable bonds is 5. The lowest BCUT2D eigenvalue weighted by Gasteiger charge is -2.08. The Morgan fingerprint density at radius 3 is 2.50 bits per heavy atom. The molecular formula is C19H18N2O3S2. The summed E-state index contributed by atoms with van der Waals surface area (Å²) in [6.07, 6.45) is 1.15. The summed E-state index contributed by atoms with van der Waals surface area (Å²) in [5.41, 5.74) is 2.59. The molecule has 134 valence electrons. The van der Waals surface area contributed by atoms with E-state index >= 15 is 0 Å². The minimum Gasteiger partial charge on any atom is -0.325 e. The number of fused-ring (bicyclic) bond motifs is 1. The van der Waals surface area contributed by atoms with Gasteiger partial charge in [0.25, 0.3) is 0 Å². The molecule has 0 aliphatic carbocycles. The standard InChI is InChI=1S/C19H18N2O3S2/c1-13-11-19(21-17-6-4-3-5-16(13)17)25-12-18(22)20-14-7-9-15(10-8-14)26(2,23)24/h3-11H,12H2,1-2H3,(H,20,22). The molecule has 3 rings (SSSR count). The number of benzene rings is 2. The topological polar surface area (TPSA) is 76.1 Å². The number of hydrogen-bond donors (Lipinski definition) is 1. The van der Waals surface area contributed by atoms with Crippen LogP contribution in [0.5, 0.6) is 0 Å². The molecule has 0 atom stereocenters. The van der Waals surface area contributed by atoms with E-state index in [0.29, 0.717) is 5.69 Å². The van der Waals surface area contributed by atoms with Gasteiger partial charge in [0.05, 0.1) is 21.2 Å². The number of thioether (sulfide) groups is 1. The van der Waals surface area contributed by atoms with E-state index < -0.39 is 9.84 Å². The maximum atomic E-state index is 12.1. The third kappa shape index (κ3) is 4.42. The predicted molar refractivity (Wildman–Crippen MR) is 105 cm³/mol. The number of amides is 1. The molecule has 3 aromatic rings. The molecule has 7 heteroatoms. The van der Waals surface area contributed by atoms with E-state index in [1.165, 1.54) is 23.9 Å². The molecule has 0 radical (unpaired) electrons. The zero-order chi connectivity index (χ0) is 18.7. The quantitative estimate of drug-likeness (QED) is 0.677. The van der Waals surface area contributed by atoms with Gasteiger partial charge in [-0.25, -0.2) is 13.4 Å². The number of carbonyl (C=O) groups is 1. The first-order chi connectivity index (χ1) is 12.3. The Morgan fingerprint density at radius 1 is 1.12 bits per heavy atom. The van der Waals surface area contributed by atoms with Gasteiger partial charge >= 0.3 is 0 Å². The second kappa shape index (κ2) is 7.47. The maximum absolute atomic E-state index is 12.1. The fraction of sp³-hybridized carbons (Fsp3) is 0.158. The number of aryl methyl sites for hydroxylation is 1. The second-order valence-corrected chi connectivity index (χ2v) is 8.94. The van der Waals surface area contributed by atoms with Gasteiger partial charge in [-0.15, -0.1) is 0 Å². The van der Waals surface area contributed by atoms with E-state index in [4.69, 9.17) is 0 Å². The van der Waals surface area contributed by atoms with Crippen molar-refractivity contribution in [2.75, 3.05) is 17.3 Å². The van der Waals surface area contributed by atoms with Crippen molar-refractivity contribution in [2.24, 2.45) is 0 Å². The molecule has 0 aliphatic rings. The first kappa shape index (κ1) is 18.4. The molecule has 0 spiro atoms. The summed E-state index contributed by atoms with van der Waals surface area (Å²) >= 11 is 1.37. The first-order valence-corrected chi connectivity index (χ1v) is 10.8. The lowest BCUT2D eigenvalue weighted by Crippen LogP contribution is -2.14. The Bertz CT molecular complexity index is 1060. The molecule has 26 heavy (non-hydrogen) atoms. The molecule has 1 amide bonds. The third-order valence-corrected chi connectivity index (χ3v) is 5.86. The van der Waals surface area contributed by atoms with Crippen LogP contribution >= 0.6 is 11.8 Å². The summed E-state index contributed by atoms with van der Waals surface area (Å²) in [5, 5.41) is 4.66. The van der Waals surface area contributed by atoms with Crippen molar-refractivity contribution in [1.29, 1.82) is 0 Å². The van der Waals surface area contributed by atoms with Gasteiger partial charge in [0.1, 0.15) is 0 Å². The number of hydrogen-bond acceptors (Lipinski definition) is 5. The maximum Gasteiger partial charge on any atom is 0.234 e. The largest absolute Gasteiger partial charge is 0.325 e. The van der Waals surface area contributed by atoms with Crippen molar-refractivity contribution < 1.29 is 13.2 Å². The van der Waals surface area contributed by atoms with E-state index in [9.17, 15) is 13.2 Å². The van der Waals surface area contributed by atoms with Crippen molar-refractivity contribution in [1.82, 2.24) is 4.98 Å². The van der Waals surface area contributed by atoms with E-state index in [1.807, 2.05) is 37.3 Å². The Labute approximate surface area is 156 Å². The first-order valence-electron chi connectivity index (χ1n) is 7.92. The fourth-order valence-corrected chi connectivity index (χ4v) is 3.92. The van der Waals surface area contributed by atoms with Crippen LogP contribution < -0.4 is 5.32 Å². The van der Waals surface area contributed by atoms with Crippen molar-refractivity contribution in [2.45, 2.75) is 16.8 Å². The number of nitrogens with zero attached hydrogens (tertiary/aromatic N) is 1. The molecule has 5 nitrogen and oxygen atoms in total. The third-order valence-electron chi connectivity index (χ3n) is 3.82. The summed E-state index contributed by atoms with van der Waals surface area (Å²) in [5.74, 6) is 0.0493. The van der Waals surface area contributed by atoms with E-state index in [-0.39, 0.29) is 16.6 Å². The van der Waals surface area contributed by atoms with Crippen LogP contribution in [0, 0.1) is 6.92 Å². The van der Waals surface area contributed by atoms with Crippen LogP contribution in [0.2, 0.25) is 0 Å². The van der Waals surface area contributed by atoms with Gasteiger partial charge in [-0.3, -0.25) is 4.79 Å². The average Bonchev–Trinajstić information content (AvgIpc) is 2.60. The normalized spacial score (nSPS) is 11.5. The van der Waals surface area contributed by atoms with Gasteiger partial charge in [-0.05, 0) is 48.9 Å². The van der Waals surface area contributed by atoms with E-state index in [2.05, 4.69) is 10.3 Å². The van der Waals surface area contributed by atoms with Gasteiger partial charge in [0.2, 0.25) is 5.91 Å². The number of sulfone groups is 1. The van der Waals surface area contributed by atoms with E-state index in [0.717, 1.165) is 27.7 Å². The molecule has 1 heterocycles. The van der Waals surface area contributed by atoms with Crippen LogP contribution in [-0.2, 0) is 14.6 Å². The number of pyridine rings is 1. The highest BCUT2D eigenvalue weighted by atomic mass is 32.2. The highest BCUT2D eigenvalue weighted by molar-refractivity contribution is 7.99. The zero-order valence-corrected chi connectivity index (χ0v) is 16.0.